The number of aromatic carboxylic acids is 1. The molecule has 0 saturated heterocycles. The van der Waals surface area contributed by atoms with Gasteiger partial charge in [-0.25, -0.2) is 4.79 Å². The summed E-state index contributed by atoms with van der Waals surface area (Å²) in [5.41, 5.74) is 3.80. The summed E-state index contributed by atoms with van der Waals surface area (Å²) in [7, 11) is 3.22. The fourth-order valence-corrected chi connectivity index (χ4v) is 4.22. The number of benzene rings is 3. The predicted molar refractivity (Wildman–Crippen MR) is 130 cm³/mol. The van der Waals surface area contributed by atoms with Gasteiger partial charge in [-0.05, 0) is 47.5 Å². The van der Waals surface area contributed by atoms with Gasteiger partial charge in [0, 0.05) is 41.7 Å². The van der Waals surface area contributed by atoms with E-state index in [2.05, 4.69) is 5.32 Å². The summed E-state index contributed by atoms with van der Waals surface area (Å²) < 4.78 is 12.5. The van der Waals surface area contributed by atoms with Crippen LogP contribution in [0, 0.1) is 0 Å². The van der Waals surface area contributed by atoms with Crippen molar-refractivity contribution in [1.82, 2.24) is 9.88 Å². The highest BCUT2D eigenvalue weighted by Gasteiger charge is 2.23. The van der Waals surface area contributed by atoms with E-state index in [0.29, 0.717) is 30.4 Å². The number of hydrogen-bond donors (Lipinski definition) is 2. The van der Waals surface area contributed by atoms with Crippen LogP contribution in [0.5, 0.6) is 11.5 Å². The fraction of sp³-hybridized carbons (Fsp3) is 0.192. The zero-order chi connectivity index (χ0) is 23.4. The summed E-state index contributed by atoms with van der Waals surface area (Å²) in [6, 6.07) is 20.9. The van der Waals surface area contributed by atoms with E-state index >= 15 is 0 Å². The van der Waals surface area contributed by atoms with E-state index < -0.39 is 5.97 Å². The van der Waals surface area contributed by atoms with E-state index in [-0.39, 0.29) is 5.69 Å². The smallest absolute Gasteiger partial charge is 0.352 e. The average Bonchev–Trinajstić information content (AvgIpc) is 3.12. The van der Waals surface area contributed by atoms with Crippen LogP contribution in [0.15, 0.2) is 66.7 Å². The number of halogens is 1. The molecule has 0 fully saturated rings. The number of carbonyl (C=O) groups is 1. The van der Waals surface area contributed by atoms with Crippen molar-refractivity contribution in [2.45, 2.75) is 19.6 Å². The lowest BCUT2D eigenvalue weighted by Crippen LogP contribution is -2.17. The third-order valence-electron chi connectivity index (χ3n) is 5.60. The van der Waals surface area contributed by atoms with Gasteiger partial charge in [0.2, 0.25) is 0 Å². The second kappa shape index (κ2) is 9.98. The first-order chi connectivity index (χ1) is 16.0. The Labute approximate surface area is 197 Å². The Hall–Kier alpha value is -3.48. The first-order valence-corrected chi connectivity index (χ1v) is 10.9. The van der Waals surface area contributed by atoms with E-state index in [1.54, 1.807) is 14.2 Å². The number of nitrogens with zero attached hydrogens (tertiary/aromatic N) is 1. The zero-order valence-corrected chi connectivity index (χ0v) is 19.2. The zero-order valence-electron chi connectivity index (χ0n) is 18.5. The molecule has 4 rings (SSSR count). The van der Waals surface area contributed by atoms with Crippen molar-refractivity contribution in [3.8, 4) is 11.5 Å². The maximum atomic E-state index is 12.4. The number of ether oxygens (including phenoxy) is 2. The minimum absolute atomic E-state index is 0.257. The molecule has 7 heteroatoms. The summed E-state index contributed by atoms with van der Waals surface area (Å²) in [5.74, 6) is 0.451. The highest BCUT2D eigenvalue weighted by atomic mass is 35.5. The van der Waals surface area contributed by atoms with Crippen LogP contribution in [0.2, 0.25) is 5.02 Å². The number of fused-ring (bicyclic) bond motifs is 1. The summed E-state index contributed by atoms with van der Waals surface area (Å²) >= 11 is 6.09. The van der Waals surface area contributed by atoms with Gasteiger partial charge in [0.25, 0.3) is 0 Å². The maximum Gasteiger partial charge on any atom is 0.352 e. The topological polar surface area (TPSA) is 72.7 Å². The quantitative estimate of drug-likeness (QED) is 0.349. The van der Waals surface area contributed by atoms with Gasteiger partial charge < -0.3 is 24.5 Å². The van der Waals surface area contributed by atoms with E-state index in [9.17, 15) is 9.90 Å². The maximum absolute atomic E-state index is 12.4. The summed E-state index contributed by atoms with van der Waals surface area (Å²) in [6.07, 6.45) is 0. The third-order valence-corrected chi connectivity index (χ3v) is 5.83. The number of hydrogen-bond acceptors (Lipinski definition) is 4. The van der Waals surface area contributed by atoms with Gasteiger partial charge in [-0.1, -0.05) is 35.9 Å². The molecule has 0 unspecified atom stereocenters. The highest BCUT2D eigenvalue weighted by Crippen LogP contribution is 2.31. The molecule has 4 aromatic rings. The Morgan fingerprint density at radius 3 is 2.33 bits per heavy atom. The molecule has 0 saturated carbocycles. The van der Waals surface area contributed by atoms with Gasteiger partial charge in [0.05, 0.1) is 19.7 Å². The van der Waals surface area contributed by atoms with Gasteiger partial charge >= 0.3 is 5.97 Å². The first kappa shape index (κ1) is 22.7. The molecule has 1 heterocycles. The molecule has 3 aromatic carbocycles. The van der Waals surface area contributed by atoms with Crippen LogP contribution >= 0.6 is 11.6 Å². The standard InChI is InChI=1S/C26H25ClN2O4/c1-32-20-8-6-17(7-9-20)16-29-24-13-21(33-2)10-11-22(24)23(25(29)26(30)31)15-28-14-18-4-3-5-19(27)12-18/h3-13,28H,14-16H2,1-2H3,(H,30,31). The molecule has 0 aliphatic carbocycles. The molecule has 0 amide bonds. The molecule has 170 valence electrons. The van der Waals surface area contributed by atoms with Gasteiger partial charge in [0.1, 0.15) is 17.2 Å². The van der Waals surface area contributed by atoms with E-state index in [1.165, 1.54) is 0 Å². The molecule has 0 radical (unpaired) electrons. The van der Waals surface area contributed by atoms with Crippen molar-refractivity contribution in [2.75, 3.05) is 14.2 Å². The fourth-order valence-electron chi connectivity index (χ4n) is 4.01. The Morgan fingerprint density at radius 2 is 1.67 bits per heavy atom. The SMILES string of the molecule is COc1ccc(Cn2c(C(=O)O)c(CNCc3cccc(Cl)c3)c3ccc(OC)cc32)cc1. The Kier molecular flexibility index (Phi) is 6.87. The number of aromatic nitrogens is 1. The molecular weight excluding hydrogens is 440 g/mol. The molecule has 1 aromatic heterocycles. The second-order valence-corrected chi connectivity index (χ2v) is 8.12. The number of rotatable bonds is 9. The minimum atomic E-state index is -0.974. The number of carboxylic acid groups (broad SMARTS) is 1. The molecule has 0 aliphatic heterocycles. The Morgan fingerprint density at radius 1 is 0.939 bits per heavy atom. The van der Waals surface area contributed by atoms with Crippen LogP contribution in [0.25, 0.3) is 10.9 Å². The second-order valence-electron chi connectivity index (χ2n) is 7.68. The lowest BCUT2D eigenvalue weighted by atomic mass is 10.1. The molecule has 0 atom stereocenters. The third kappa shape index (κ3) is 4.97. The van der Waals surface area contributed by atoms with Crippen molar-refractivity contribution in [1.29, 1.82) is 0 Å². The number of nitrogens with one attached hydrogen (secondary N) is 1. The van der Waals surface area contributed by atoms with E-state index in [0.717, 1.165) is 33.3 Å². The lowest BCUT2D eigenvalue weighted by Gasteiger charge is -2.11. The van der Waals surface area contributed by atoms with Gasteiger partial charge in [-0.3, -0.25) is 0 Å². The Bertz CT molecular complexity index is 1280. The molecule has 0 spiro atoms. The predicted octanol–water partition coefficient (Wildman–Crippen LogP) is 5.35. The van der Waals surface area contributed by atoms with Gasteiger partial charge in [-0.15, -0.1) is 0 Å². The minimum Gasteiger partial charge on any atom is -0.497 e. The first-order valence-electron chi connectivity index (χ1n) is 10.5. The lowest BCUT2D eigenvalue weighted by molar-refractivity contribution is 0.0684. The largest absolute Gasteiger partial charge is 0.497 e. The van der Waals surface area contributed by atoms with Crippen molar-refractivity contribution < 1.29 is 19.4 Å². The molecule has 0 bridgehead atoms. The van der Waals surface area contributed by atoms with Gasteiger partial charge in [0.15, 0.2) is 0 Å². The number of methoxy groups -OCH3 is 2. The van der Waals surface area contributed by atoms with Crippen LogP contribution in [0.4, 0.5) is 0 Å². The van der Waals surface area contributed by atoms with Crippen molar-refractivity contribution >= 4 is 28.5 Å². The summed E-state index contributed by atoms with van der Waals surface area (Å²) in [5, 5.41) is 15.1. The number of carboxylic acids is 1. The monoisotopic (exact) mass is 464 g/mol. The normalized spacial score (nSPS) is 11.0. The Balaban J connectivity index is 1.73. The van der Waals surface area contributed by atoms with Crippen LogP contribution in [-0.4, -0.2) is 29.9 Å². The van der Waals surface area contributed by atoms with E-state index in [4.69, 9.17) is 21.1 Å². The summed E-state index contributed by atoms with van der Waals surface area (Å²) in [4.78, 5) is 12.4. The molecular formula is C26H25ClN2O4. The molecule has 2 N–H and O–H groups in total. The van der Waals surface area contributed by atoms with Crippen molar-refractivity contribution in [2.24, 2.45) is 0 Å². The highest BCUT2D eigenvalue weighted by molar-refractivity contribution is 6.30. The van der Waals surface area contributed by atoms with Gasteiger partial charge in [-0.2, -0.15) is 0 Å². The molecule has 6 nitrogen and oxygen atoms in total. The van der Waals surface area contributed by atoms with Crippen LogP contribution in [-0.2, 0) is 19.6 Å². The van der Waals surface area contributed by atoms with Crippen LogP contribution in [0.1, 0.15) is 27.2 Å². The average molecular weight is 465 g/mol. The molecule has 0 aliphatic rings. The van der Waals surface area contributed by atoms with Crippen molar-refractivity contribution in [3.05, 3.63) is 94.1 Å². The van der Waals surface area contributed by atoms with E-state index in [1.807, 2.05) is 71.3 Å². The van der Waals surface area contributed by atoms with Crippen LogP contribution in [0.3, 0.4) is 0 Å². The van der Waals surface area contributed by atoms with Crippen LogP contribution < -0.4 is 14.8 Å². The van der Waals surface area contributed by atoms with Crippen molar-refractivity contribution in [3.63, 3.8) is 0 Å². The molecule has 33 heavy (non-hydrogen) atoms. The summed E-state index contributed by atoms with van der Waals surface area (Å²) in [6.45, 7) is 1.37.